The normalized spacial score (nSPS) is 41.8. The second-order valence-electron chi connectivity index (χ2n) is 22.4. The number of nitrogens with zero attached hydrogens (tertiary/aromatic N) is 1. The zero-order valence-corrected chi connectivity index (χ0v) is 37.8. The Morgan fingerprint density at radius 1 is 0.304 bits per heavy atom. The molecule has 1 nitrogen and oxygen atoms in total. The minimum absolute atomic E-state index is 0.794. The van der Waals surface area contributed by atoms with Crippen LogP contribution in [0.25, 0.3) is 0 Å². The van der Waals surface area contributed by atoms with Crippen molar-refractivity contribution < 1.29 is 0 Å². The number of rotatable bonds is 11. The van der Waals surface area contributed by atoms with Crippen LogP contribution in [0.1, 0.15) is 214 Å². The van der Waals surface area contributed by atoms with Crippen molar-refractivity contribution >= 4 is 0 Å². The van der Waals surface area contributed by atoms with E-state index in [1.54, 1.807) is 0 Å². The van der Waals surface area contributed by atoms with Crippen molar-refractivity contribution in [2.75, 3.05) is 0 Å². The summed E-state index contributed by atoms with van der Waals surface area (Å²) < 4.78 is 0. The van der Waals surface area contributed by atoms with Gasteiger partial charge in [-0.15, -0.1) is 0 Å². The van der Waals surface area contributed by atoms with Gasteiger partial charge in [0.05, 0.1) is 0 Å². The van der Waals surface area contributed by atoms with Gasteiger partial charge in [-0.1, -0.05) is 134 Å². The molecule has 0 amide bonds. The number of hydrogen-bond donors (Lipinski definition) is 0. The summed E-state index contributed by atoms with van der Waals surface area (Å²) in [5, 5.41) is 0. The third-order valence-corrected chi connectivity index (χ3v) is 18.0. The van der Waals surface area contributed by atoms with Crippen molar-refractivity contribution in [1.82, 2.24) is 4.90 Å². The Balaban J connectivity index is 0.949. The maximum Gasteiger partial charge on any atom is 0.0102 e. The van der Waals surface area contributed by atoms with E-state index in [1.165, 1.54) is 180 Å². The van der Waals surface area contributed by atoms with E-state index in [0.29, 0.717) is 0 Å². The summed E-state index contributed by atoms with van der Waals surface area (Å²) >= 11 is 0. The fourth-order valence-corrected chi connectivity index (χ4v) is 13.9. The molecule has 0 spiro atoms. The van der Waals surface area contributed by atoms with Crippen molar-refractivity contribution in [1.29, 1.82) is 0 Å². The van der Waals surface area contributed by atoms with Gasteiger partial charge in [0.25, 0.3) is 0 Å². The predicted octanol–water partition coefficient (Wildman–Crippen LogP) is 16.3. The van der Waals surface area contributed by atoms with Gasteiger partial charge in [-0.3, -0.25) is 4.90 Å². The quantitative estimate of drug-likeness (QED) is 0.189. The molecule has 7 aliphatic carbocycles. The minimum atomic E-state index is 0.794. The van der Waals surface area contributed by atoms with Crippen LogP contribution in [0.3, 0.4) is 0 Å². The van der Waals surface area contributed by atoms with Gasteiger partial charge in [0.15, 0.2) is 0 Å². The maximum atomic E-state index is 3.21. The highest BCUT2D eigenvalue weighted by Crippen LogP contribution is 2.45. The summed E-state index contributed by atoms with van der Waals surface area (Å²) in [7, 11) is 0. The van der Waals surface area contributed by atoms with Crippen LogP contribution in [0, 0.1) is 65.1 Å². The summed E-state index contributed by atoms with van der Waals surface area (Å²) in [6, 6.07) is 2.51. The van der Waals surface area contributed by atoms with E-state index in [1.807, 2.05) is 11.1 Å². The first-order valence-electron chi connectivity index (χ1n) is 25.8. The topological polar surface area (TPSA) is 3.24 Å². The summed E-state index contributed by atoms with van der Waals surface area (Å²) in [6.07, 6.45) is 56.3. The molecule has 0 aromatic carbocycles. The molecule has 0 bridgehead atoms. The second kappa shape index (κ2) is 21.4. The largest absolute Gasteiger partial charge is 0.294 e. The first-order chi connectivity index (χ1) is 27.3. The van der Waals surface area contributed by atoms with Gasteiger partial charge >= 0.3 is 0 Å². The van der Waals surface area contributed by atoms with Crippen LogP contribution < -0.4 is 0 Å². The Hall–Kier alpha value is -1.08. The Labute approximate surface area is 348 Å². The first-order valence-corrected chi connectivity index (χ1v) is 25.8. The molecular formula is C55H91N. The Kier molecular flexibility index (Phi) is 16.5. The van der Waals surface area contributed by atoms with Crippen molar-refractivity contribution in [3.63, 3.8) is 0 Å². The van der Waals surface area contributed by atoms with Gasteiger partial charge in [-0.2, -0.15) is 0 Å². The average Bonchev–Trinajstić information content (AvgIpc) is 3.22. The van der Waals surface area contributed by atoms with Gasteiger partial charge in [0.2, 0.25) is 0 Å². The second-order valence-corrected chi connectivity index (χ2v) is 22.4. The van der Waals surface area contributed by atoms with Crippen LogP contribution in [0.15, 0.2) is 47.6 Å². The number of hydrogen-bond acceptors (Lipinski definition) is 1. The van der Waals surface area contributed by atoms with Gasteiger partial charge in [-0.05, 0) is 194 Å². The third kappa shape index (κ3) is 12.0. The van der Waals surface area contributed by atoms with E-state index in [9.17, 15) is 0 Å². The van der Waals surface area contributed by atoms with Crippen LogP contribution in [0.2, 0.25) is 0 Å². The first kappa shape index (κ1) is 43.0. The van der Waals surface area contributed by atoms with Crippen LogP contribution in [0.4, 0.5) is 0 Å². The molecular weight excluding hydrogens is 675 g/mol. The summed E-state index contributed by atoms with van der Waals surface area (Å²) in [5.41, 5.74) is 3.73. The monoisotopic (exact) mass is 766 g/mol. The molecule has 56 heavy (non-hydrogen) atoms. The molecule has 7 rings (SSSR count). The van der Waals surface area contributed by atoms with Crippen LogP contribution in [-0.2, 0) is 0 Å². The highest BCUT2D eigenvalue weighted by molar-refractivity contribution is 5.21. The Bertz CT molecular complexity index is 1110. The molecule has 0 aromatic rings. The average molecular weight is 766 g/mol. The molecule has 0 saturated heterocycles. The highest BCUT2D eigenvalue weighted by Gasteiger charge is 2.38. The predicted molar refractivity (Wildman–Crippen MR) is 244 cm³/mol. The van der Waals surface area contributed by atoms with Crippen molar-refractivity contribution in [2.45, 2.75) is 233 Å². The van der Waals surface area contributed by atoms with Crippen LogP contribution in [-0.4, -0.2) is 23.0 Å². The number of allylic oxidation sites excluding steroid dienone is 8. The van der Waals surface area contributed by atoms with Gasteiger partial charge in [-0.25, -0.2) is 0 Å². The summed E-state index contributed by atoms with van der Waals surface area (Å²) in [5.74, 6) is 9.77. The molecule has 0 aromatic heterocycles. The fourth-order valence-electron chi connectivity index (χ4n) is 13.9. The van der Waals surface area contributed by atoms with Gasteiger partial charge in [0.1, 0.15) is 0 Å². The van der Waals surface area contributed by atoms with E-state index in [-0.39, 0.29) is 0 Å². The molecule has 7 fully saturated rings. The zero-order chi connectivity index (χ0) is 38.9. The lowest BCUT2D eigenvalue weighted by Crippen LogP contribution is -2.52. The maximum absolute atomic E-state index is 3.21. The lowest BCUT2D eigenvalue weighted by Gasteiger charge is -2.49. The molecule has 0 N–H and O–H groups in total. The van der Waals surface area contributed by atoms with Gasteiger partial charge in [0, 0.05) is 18.1 Å². The van der Waals surface area contributed by atoms with E-state index >= 15 is 0 Å². The Morgan fingerprint density at radius 3 is 0.804 bits per heavy atom. The summed E-state index contributed by atoms with van der Waals surface area (Å²) in [4.78, 5) is 3.21. The molecule has 7 aliphatic rings. The van der Waals surface area contributed by atoms with Crippen molar-refractivity contribution in [3.05, 3.63) is 47.6 Å². The van der Waals surface area contributed by atoms with Crippen LogP contribution in [0.5, 0.6) is 0 Å². The molecule has 1 heteroatoms. The molecule has 0 aliphatic heterocycles. The lowest BCUT2D eigenvalue weighted by molar-refractivity contribution is 0.00955. The lowest BCUT2D eigenvalue weighted by atomic mass is 9.70. The molecule has 0 radical (unpaired) electrons. The fraction of sp³-hybridized carbons (Fsp3) is 0.855. The van der Waals surface area contributed by atoms with E-state index in [4.69, 9.17) is 0 Å². The smallest absolute Gasteiger partial charge is 0.0102 e. The van der Waals surface area contributed by atoms with E-state index in [0.717, 1.165) is 83.2 Å². The summed E-state index contributed by atoms with van der Waals surface area (Å²) in [6.45, 7) is 12.5. The molecule has 7 saturated carbocycles. The van der Waals surface area contributed by atoms with E-state index in [2.05, 4.69) is 76.0 Å². The van der Waals surface area contributed by atoms with Crippen molar-refractivity contribution in [3.8, 4) is 0 Å². The SMILES string of the molecule is CC1CCC(C(=CC=CC2CCC(N(C3CCC(C)CC3)C3CCC(C=CC=C(C4CCC(C)CC4)C4CCC(C)CC4)CC3)CC2)C2CCC(C)CC2)CC1. The third-order valence-electron chi connectivity index (χ3n) is 18.0. The Morgan fingerprint density at radius 2 is 0.536 bits per heavy atom. The van der Waals surface area contributed by atoms with Crippen molar-refractivity contribution in [2.24, 2.45) is 65.1 Å². The molecule has 0 unspecified atom stereocenters. The molecule has 0 heterocycles. The molecule has 316 valence electrons. The highest BCUT2D eigenvalue weighted by atomic mass is 15.2. The zero-order valence-electron chi connectivity index (χ0n) is 37.8. The van der Waals surface area contributed by atoms with Crippen LogP contribution >= 0.6 is 0 Å². The minimum Gasteiger partial charge on any atom is -0.294 e. The standard InChI is InChI=1S/C55H91N/c1-40-12-26-47(27-13-40)54(48-28-14-41(2)15-29-48)10-6-8-45-22-36-52(37-23-45)56(51-34-20-44(5)21-35-51)53-38-24-46(25-39-53)9-7-11-55(49-30-16-42(3)17-31-49)50-32-18-43(4)19-33-50/h6-11,40-53H,12-39H2,1-5H3. The molecule has 0 atom stereocenters. The van der Waals surface area contributed by atoms with Gasteiger partial charge < -0.3 is 0 Å². The van der Waals surface area contributed by atoms with E-state index < -0.39 is 0 Å².